The number of benzene rings is 2. The molecule has 4 nitrogen and oxygen atoms in total. The normalized spacial score (nSPS) is 11.7. The molecule has 26 heavy (non-hydrogen) atoms. The van der Waals surface area contributed by atoms with Crippen molar-refractivity contribution in [3.05, 3.63) is 69.7 Å². The number of hydrogen-bond acceptors (Lipinski definition) is 2. The van der Waals surface area contributed by atoms with Crippen LogP contribution in [-0.4, -0.2) is 29.3 Å². The molecule has 0 aliphatic carbocycles. The first-order valence-corrected chi connectivity index (χ1v) is 9.23. The lowest BCUT2D eigenvalue weighted by Gasteiger charge is -2.29. The minimum atomic E-state index is -0.597. The molecular weight excluding hydrogens is 371 g/mol. The number of amides is 2. The fourth-order valence-corrected chi connectivity index (χ4v) is 2.93. The second-order valence-electron chi connectivity index (χ2n) is 6.00. The molecule has 0 aromatic heterocycles. The Labute approximate surface area is 164 Å². The van der Waals surface area contributed by atoms with E-state index in [2.05, 4.69) is 5.32 Å². The van der Waals surface area contributed by atoms with E-state index in [0.29, 0.717) is 16.6 Å². The Morgan fingerprint density at radius 2 is 1.73 bits per heavy atom. The van der Waals surface area contributed by atoms with Gasteiger partial charge in [0.1, 0.15) is 6.04 Å². The van der Waals surface area contributed by atoms with Crippen LogP contribution in [0.25, 0.3) is 0 Å². The van der Waals surface area contributed by atoms with Crippen molar-refractivity contribution in [1.82, 2.24) is 10.2 Å². The van der Waals surface area contributed by atoms with E-state index in [1.165, 1.54) is 0 Å². The fraction of sp³-hybridized carbons (Fsp3) is 0.300. The zero-order valence-electron chi connectivity index (χ0n) is 14.8. The SMILES string of the molecule is CCNC(=O)C(C)N(Cc1ccc(Cl)c(Cl)c1)C(=O)Cc1ccccc1. The molecule has 0 saturated heterocycles. The summed E-state index contributed by atoms with van der Waals surface area (Å²) in [4.78, 5) is 26.8. The Hall–Kier alpha value is -2.04. The summed E-state index contributed by atoms with van der Waals surface area (Å²) >= 11 is 12.0. The highest BCUT2D eigenvalue weighted by Gasteiger charge is 2.26. The Kier molecular flexibility index (Phi) is 7.49. The van der Waals surface area contributed by atoms with Crippen molar-refractivity contribution < 1.29 is 9.59 Å². The second kappa shape index (κ2) is 9.60. The van der Waals surface area contributed by atoms with Crippen molar-refractivity contribution in [2.45, 2.75) is 32.9 Å². The van der Waals surface area contributed by atoms with Crippen LogP contribution in [0.3, 0.4) is 0 Å². The second-order valence-corrected chi connectivity index (χ2v) is 6.82. The number of hydrogen-bond donors (Lipinski definition) is 1. The fourth-order valence-electron chi connectivity index (χ4n) is 2.61. The Morgan fingerprint density at radius 3 is 2.35 bits per heavy atom. The quantitative estimate of drug-likeness (QED) is 0.771. The van der Waals surface area contributed by atoms with Gasteiger partial charge in [-0.1, -0.05) is 59.6 Å². The summed E-state index contributed by atoms with van der Waals surface area (Å²) in [6, 6.07) is 14.1. The van der Waals surface area contributed by atoms with E-state index < -0.39 is 6.04 Å². The molecule has 6 heteroatoms. The molecule has 138 valence electrons. The molecular formula is C20H22Cl2N2O2. The van der Waals surface area contributed by atoms with Gasteiger partial charge < -0.3 is 10.2 Å². The third-order valence-corrected chi connectivity index (χ3v) is 4.79. The molecule has 2 rings (SSSR count). The smallest absolute Gasteiger partial charge is 0.242 e. The number of halogens is 2. The van der Waals surface area contributed by atoms with E-state index in [1.807, 2.05) is 37.3 Å². The molecule has 0 aliphatic heterocycles. The summed E-state index contributed by atoms with van der Waals surface area (Å²) in [5.74, 6) is -0.310. The molecule has 2 amide bonds. The van der Waals surface area contributed by atoms with Crippen LogP contribution in [0.2, 0.25) is 10.0 Å². The average Bonchev–Trinajstić information content (AvgIpc) is 2.63. The molecule has 2 aromatic rings. The highest BCUT2D eigenvalue weighted by Crippen LogP contribution is 2.24. The highest BCUT2D eigenvalue weighted by atomic mass is 35.5. The first-order chi connectivity index (χ1) is 12.4. The van der Waals surface area contributed by atoms with E-state index in [-0.39, 0.29) is 24.8 Å². The third kappa shape index (κ3) is 5.48. The maximum absolute atomic E-state index is 12.9. The van der Waals surface area contributed by atoms with E-state index in [0.717, 1.165) is 11.1 Å². The first kappa shape index (κ1) is 20.3. The molecule has 0 aliphatic rings. The van der Waals surface area contributed by atoms with E-state index in [1.54, 1.807) is 30.0 Å². The van der Waals surface area contributed by atoms with E-state index >= 15 is 0 Å². The van der Waals surface area contributed by atoms with Crippen LogP contribution in [0.4, 0.5) is 0 Å². The molecule has 0 spiro atoms. The third-order valence-electron chi connectivity index (χ3n) is 4.05. The van der Waals surface area contributed by atoms with Crippen LogP contribution in [-0.2, 0) is 22.6 Å². The molecule has 1 atom stereocenters. The van der Waals surface area contributed by atoms with E-state index in [9.17, 15) is 9.59 Å². The zero-order valence-corrected chi connectivity index (χ0v) is 16.3. The van der Waals surface area contributed by atoms with Crippen LogP contribution in [0.1, 0.15) is 25.0 Å². The van der Waals surface area contributed by atoms with Gasteiger partial charge in [0.15, 0.2) is 0 Å². The number of nitrogens with one attached hydrogen (secondary N) is 1. The van der Waals surface area contributed by atoms with Crippen LogP contribution >= 0.6 is 23.2 Å². The molecule has 0 fully saturated rings. The molecule has 1 N–H and O–H groups in total. The summed E-state index contributed by atoms with van der Waals surface area (Å²) in [7, 11) is 0. The molecule has 0 saturated carbocycles. The number of carbonyl (C=O) groups excluding carboxylic acids is 2. The molecule has 0 heterocycles. The Morgan fingerprint density at radius 1 is 1.04 bits per heavy atom. The summed E-state index contributed by atoms with van der Waals surface area (Å²) in [5.41, 5.74) is 1.72. The predicted molar refractivity (Wildman–Crippen MR) is 105 cm³/mol. The van der Waals surface area contributed by atoms with Crippen molar-refractivity contribution in [2.24, 2.45) is 0 Å². The molecule has 0 radical (unpaired) electrons. The minimum Gasteiger partial charge on any atom is -0.355 e. The Balaban J connectivity index is 2.23. The average molecular weight is 393 g/mol. The molecule has 2 aromatic carbocycles. The van der Waals surface area contributed by atoms with Crippen molar-refractivity contribution in [3.63, 3.8) is 0 Å². The predicted octanol–water partition coefficient (Wildman–Crippen LogP) is 4.09. The maximum atomic E-state index is 12.9. The highest BCUT2D eigenvalue weighted by molar-refractivity contribution is 6.42. The number of likely N-dealkylation sites (N-methyl/N-ethyl adjacent to an activating group) is 1. The lowest BCUT2D eigenvalue weighted by atomic mass is 10.1. The number of nitrogens with zero attached hydrogens (tertiary/aromatic N) is 1. The monoisotopic (exact) mass is 392 g/mol. The first-order valence-electron chi connectivity index (χ1n) is 8.47. The summed E-state index contributed by atoms with van der Waals surface area (Å²) in [6.45, 7) is 4.36. The van der Waals surface area contributed by atoms with E-state index in [4.69, 9.17) is 23.2 Å². The van der Waals surface area contributed by atoms with Crippen molar-refractivity contribution in [2.75, 3.05) is 6.54 Å². The Bertz CT molecular complexity index is 766. The van der Waals surface area contributed by atoms with Crippen LogP contribution in [0.15, 0.2) is 48.5 Å². The van der Waals surface area contributed by atoms with Gasteiger partial charge >= 0.3 is 0 Å². The van der Waals surface area contributed by atoms with Gasteiger partial charge in [-0.05, 0) is 37.1 Å². The van der Waals surface area contributed by atoms with Gasteiger partial charge in [0.25, 0.3) is 0 Å². The number of carbonyl (C=O) groups is 2. The minimum absolute atomic E-state index is 0.124. The van der Waals surface area contributed by atoms with Crippen molar-refractivity contribution in [3.8, 4) is 0 Å². The van der Waals surface area contributed by atoms with Crippen molar-refractivity contribution in [1.29, 1.82) is 0 Å². The summed E-state index contributed by atoms with van der Waals surface area (Å²) < 4.78 is 0. The topological polar surface area (TPSA) is 49.4 Å². The van der Waals surface area contributed by atoms with Gasteiger partial charge in [-0.25, -0.2) is 0 Å². The zero-order chi connectivity index (χ0) is 19.1. The van der Waals surface area contributed by atoms with Crippen LogP contribution in [0.5, 0.6) is 0 Å². The van der Waals surface area contributed by atoms with Crippen LogP contribution < -0.4 is 5.32 Å². The van der Waals surface area contributed by atoms with Gasteiger partial charge in [-0.2, -0.15) is 0 Å². The van der Waals surface area contributed by atoms with Gasteiger partial charge in [0.05, 0.1) is 16.5 Å². The van der Waals surface area contributed by atoms with Gasteiger partial charge in [-0.3, -0.25) is 9.59 Å². The molecule has 1 unspecified atom stereocenters. The lowest BCUT2D eigenvalue weighted by molar-refractivity contribution is -0.140. The van der Waals surface area contributed by atoms with Gasteiger partial charge in [0, 0.05) is 13.1 Å². The van der Waals surface area contributed by atoms with Crippen LogP contribution in [0, 0.1) is 0 Å². The summed E-state index contributed by atoms with van der Waals surface area (Å²) in [5, 5.41) is 3.65. The molecule has 0 bridgehead atoms. The number of rotatable bonds is 7. The van der Waals surface area contributed by atoms with Gasteiger partial charge in [-0.15, -0.1) is 0 Å². The standard InChI is InChI=1S/C20H22Cl2N2O2/c1-3-23-20(26)14(2)24(13-16-9-10-17(21)18(22)11-16)19(25)12-15-7-5-4-6-8-15/h4-11,14H,3,12-13H2,1-2H3,(H,23,26). The largest absolute Gasteiger partial charge is 0.355 e. The summed E-state index contributed by atoms with van der Waals surface area (Å²) in [6.07, 6.45) is 0.228. The maximum Gasteiger partial charge on any atom is 0.242 e. The van der Waals surface area contributed by atoms with Gasteiger partial charge in [0.2, 0.25) is 11.8 Å². The lowest BCUT2D eigenvalue weighted by Crippen LogP contribution is -2.48. The van der Waals surface area contributed by atoms with Crippen molar-refractivity contribution >= 4 is 35.0 Å².